The number of carbonyl (C=O) groups is 2. The zero-order valence-corrected chi connectivity index (χ0v) is 18.6. The second kappa shape index (κ2) is 10.3. The van der Waals surface area contributed by atoms with Crippen LogP contribution in [0.4, 0.5) is 35.1 Å². The van der Waals surface area contributed by atoms with Crippen molar-refractivity contribution in [2.45, 2.75) is 44.0 Å². The first kappa shape index (κ1) is 27.2. The highest BCUT2D eigenvalue weighted by Gasteiger charge is 2.38. The summed E-state index contributed by atoms with van der Waals surface area (Å²) >= 11 is 0. The molecule has 2 amide bonds. The van der Waals surface area contributed by atoms with Crippen molar-refractivity contribution in [1.82, 2.24) is 15.1 Å². The summed E-state index contributed by atoms with van der Waals surface area (Å²) in [5.74, 6) is -4.43. The van der Waals surface area contributed by atoms with Crippen molar-refractivity contribution < 1.29 is 44.7 Å². The fraction of sp³-hybridized carbons (Fsp3) is 0.636. The molecule has 35 heavy (non-hydrogen) atoms. The van der Waals surface area contributed by atoms with Gasteiger partial charge < -0.3 is 10.2 Å². The molecule has 0 radical (unpaired) electrons. The van der Waals surface area contributed by atoms with Gasteiger partial charge in [-0.2, -0.15) is 26.3 Å². The Morgan fingerprint density at radius 3 is 2.03 bits per heavy atom. The van der Waals surface area contributed by atoms with Crippen LogP contribution in [0, 0.1) is 5.92 Å². The van der Waals surface area contributed by atoms with E-state index in [0.717, 1.165) is 4.90 Å². The van der Waals surface area contributed by atoms with Gasteiger partial charge in [-0.25, -0.2) is 8.78 Å². The van der Waals surface area contributed by atoms with Crippen molar-refractivity contribution in [3.63, 3.8) is 0 Å². The zero-order valence-electron chi connectivity index (χ0n) is 18.6. The number of piperidine rings is 2. The number of alkyl halides is 8. The fourth-order valence-electron chi connectivity index (χ4n) is 4.24. The molecule has 0 spiro atoms. The molecule has 13 heteroatoms. The Kier molecular flexibility index (Phi) is 7.97. The van der Waals surface area contributed by atoms with Gasteiger partial charge in [-0.3, -0.25) is 14.5 Å². The lowest BCUT2D eigenvalue weighted by Gasteiger charge is -2.36. The molecule has 0 aromatic heterocycles. The van der Waals surface area contributed by atoms with E-state index in [1.807, 2.05) is 0 Å². The molecule has 1 N–H and O–H groups in total. The Labute approximate surface area is 196 Å². The van der Waals surface area contributed by atoms with Crippen molar-refractivity contribution >= 4 is 11.8 Å². The van der Waals surface area contributed by atoms with Gasteiger partial charge >= 0.3 is 12.4 Å². The number of carbonyl (C=O) groups excluding carboxylic acids is 2. The van der Waals surface area contributed by atoms with Gasteiger partial charge in [-0.1, -0.05) is 0 Å². The molecule has 1 aromatic rings. The molecule has 2 heterocycles. The highest BCUT2D eigenvalue weighted by atomic mass is 19.4. The number of hydrogen-bond acceptors (Lipinski definition) is 3. The van der Waals surface area contributed by atoms with E-state index in [-0.39, 0.29) is 50.4 Å². The lowest BCUT2D eigenvalue weighted by atomic mass is 9.96. The summed E-state index contributed by atoms with van der Waals surface area (Å²) in [4.78, 5) is 27.6. The maximum atomic E-state index is 13.5. The van der Waals surface area contributed by atoms with E-state index in [1.165, 1.54) is 0 Å². The number of likely N-dealkylation sites (tertiary alicyclic amines) is 2. The van der Waals surface area contributed by atoms with E-state index in [2.05, 4.69) is 5.32 Å². The normalized spacial score (nSPS) is 20.1. The van der Waals surface area contributed by atoms with Crippen molar-refractivity contribution in [3.05, 3.63) is 34.9 Å². The number of rotatable bonds is 5. The topological polar surface area (TPSA) is 52.7 Å². The second-order valence-electron chi connectivity index (χ2n) is 9.00. The van der Waals surface area contributed by atoms with Crippen LogP contribution in [-0.4, -0.2) is 66.8 Å². The van der Waals surface area contributed by atoms with Gasteiger partial charge in [-0.15, -0.1) is 0 Å². The van der Waals surface area contributed by atoms with E-state index in [4.69, 9.17) is 0 Å². The fourth-order valence-corrected chi connectivity index (χ4v) is 4.24. The first-order chi connectivity index (χ1) is 16.1. The Morgan fingerprint density at radius 1 is 0.943 bits per heavy atom. The number of halogens is 8. The summed E-state index contributed by atoms with van der Waals surface area (Å²) in [7, 11) is 0. The van der Waals surface area contributed by atoms with Gasteiger partial charge in [0, 0.05) is 25.1 Å². The van der Waals surface area contributed by atoms with E-state index in [9.17, 15) is 44.7 Å². The third kappa shape index (κ3) is 7.52. The maximum absolute atomic E-state index is 13.5. The quantitative estimate of drug-likeness (QED) is 0.591. The van der Waals surface area contributed by atoms with E-state index >= 15 is 0 Å². The van der Waals surface area contributed by atoms with Crippen LogP contribution >= 0.6 is 0 Å². The van der Waals surface area contributed by atoms with Gasteiger partial charge in [0.1, 0.15) is 0 Å². The highest BCUT2D eigenvalue weighted by molar-refractivity contribution is 5.94. The molecule has 0 unspecified atom stereocenters. The Bertz CT molecular complexity index is 892. The van der Waals surface area contributed by atoms with Crippen LogP contribution < -0.4 is 5.32 Å². The standard InChI is InChI=1S/C22H25F8N3O2/c23-20(24)4-1-5-33(13-20)18(34)12-32-6-2-14(3-7-32)11-31-19(35)15-8-16(21(25,26)27)10-17(9-15)22(28,29)30/h8-10,14H,1-7,11-13H2,(H,31,35). The van der Waals surface area contributed by atoms with E-state index in [1.54, 1.807) is 4.90 Å². The predicted octanol–water partition coefficient (Wildman–Crippen LogP) is 4.42. The molecule has 0 saturated carbocycles. The molecule has 2 aliphatic rings. The van der Waals surface area contributed by atoms with Crippen molar-refractivity contribution in [3.8, 4) is 0 Å². The molecule has 0 bridgehead atoms. The average Bonchev–Trinajstić information content (AvgIpc) is 2.76. The van der Waals surface area contributed by atoms with Crippen molar-refractivity contribution in [1.29, 1.82) is 0 Å². The number of benzene rings is 1. The van der Waals surface area contributed by atoms with Crippen LogP contribution in [0.1, 0.15) is 47.2 Å². The molecular weight excluding hydrogens is 490 g/mol. The Morgan fingerprint density at radius 2 is 1.51 bits per heavy atom. The highest BCUT2D eigenvalue weighted by Crippen LogP contribution is 2.36. The van der Waals surface area contributed by atoms with Gasteiger partial charge in [0.2, 0.25) is 5.91 Å². The molecule has 2 saturated heterocycles. The lowest BCUT2D eigenvalue weighted by molar-refractivity contribution is -0.143. The summed E-state index contributed by atoms with van der Waals surface area (Å²) < 4.78 is 105. The van der Waals surface area contributed by atoms with Crippen LogP contribution in [0.25, 0.3) is 0 Å². The molecule has 2 fully saturated rings. The SMILES string of the molecule is O=C(NCC1CCN(CC(=O)N2CCCC(F)(F)C2)CC1)c1cc(C(F)(F)F)cc(C(F)(F)F)c1. The number of hydrogen-bond donors (Lipinski definition) is 1. The summed E-state index contributed by atoms with van der Waals surface area (Å²) in [6, 6.07) is 0.713. The minimum Gasteiger partial charge on any atom is -0.352 e. The van der Waals surface area contributed by atoms with Crippen molar-refractivity contribution in [2.75, 3.05) is 39.3 Å². The summed E-state index contributed by atoms with van der Waals surface area (Å²) in [6.45, 7) is 0.592. The Balaban J connectivity index is 1.51. The van der Waals surface area contributed by atoms with Gasteiger partial charge in [0.25, 0.3) is 11.8 Å². The summed E-state index contributed by atoms with van der Waals surface area (Å²) in [6.07, 6.45) is -9.09. The third-order valence-corrected chi connectivity index (χ3v) is 6.21. The van der Waals surface area contributed by atoms with Gasteiger partial charge in [0.15, 0.2) is 0 Å². The predicted molar refractivity (Wildman–Crippen MR) is 109 cm³/mol. The molecule has 1 aromatic carbocycles. The monoisotopic (exact) mass is 515 g/mol. The number of nitrogens with zero attached hydrogens (tertiary/aromatic N) is 2. The molecule has 2 aliphatic heterocycles. The number of amides is 2. The number of nitrogens with one attached hydrogen (secondary N) is 1. The molecular formula is C22H25F8N3O2. The van der Waals surface area contributed by atoms with Crippen LogP contribution in [0.2, 0.25) is 0 Å². The largest absolute Gasteiger partial charge is 0.416 e. The molecule has 0 aliphatic carbocycles. The van der Waals surface area contributed by atoms with E-state index < -0.39 is 47.4 Å². The lowest BCUT2D eigenvalue weighted by Crippen LogP contribution is -2.50. The minimum atomic E-state index is -5.05. The van der Waals surface area contributed by atoms with Crippen LogP contribution in [0.3, 0.4) is 0 Å². The van der Waals surface area contributed by atoms with E-state index in [0.29, 0.717) is 38.1 Å². The smallest absolute Gasteiger partial charge is 0.352 e. The first-order valence-corrected chi connectivity index (χ1v) is 11.1. The van der Waals surface area contributed by atoms with Crippen LogP contribution in [-0.2, 0) is 17.1 Å². The van der Waals surface area contributed by atoms with Crippen LogP contribution in [0.15, 0.2) is 18.2 Å². The third-order valence-electron chi connectivity index (χ3n) is 6.21. The van der Waals surface area contributed by atoms with Crippen molar-refractivity contribution in [2.24, 2.45) is 5.92 Å². The molecule has 0 atom stereocenters. The minimum absolute atomic E-state index is 0.0143. The zero-order chi connectivity index (χ0) is 26.0. The van der Waals surface area contributed by atoms with Crippen LogP contribution in [0.5, 0.6) is 0 Å². The Hall–Kier alpha value is -2.44. The van der Waals surface area contributed by atoms with Gasteiger partial charge in [0.05, 0.1) is 24.2 Å². The molecule has 3 rings (SSSR count). The summed E-state index contributed by atoms with van der Waals surface area (Å²) in [5.41, 5.74) is -3.88. The average molecular weight is 515 g/mol. The first-order valence-electron chi connectivity index (χ1n) is 11.1. The summed E-state index contributed by atoms with van der Waals surface area (Å²) in [5, 5.41) is 2.39. The molecule has 196 valence electrons. The second-order valence-corrected chi connectivity index (χ2v) is 9.00. The molecule has 5 nitrogen and oxygen atoms in total. The maximum Gasteiger partial charge on any atom is 0.416 e. The van der Waals surface area contributed by atoms with Gasteiger partial charge in [-0.05, 0) is 56.5 Å².